The van der Waals surface area contributed by atoms with Gasteiger partial charge in [0.2, 0.25) is 0 Å². The molecule has 0 saturated carbocycles. The van der Waals surface area contributed by atoms with Crippen LogP contribution in [-0.4, -0.2) is 14.8 Å². The molecule has 4 aromatic carbocycles. The molecular formula is C26H20F3NO3S. The molecule has 0 spiro atoms. The van der Waals surface area contributed by atoms with Crippen molar-refractivity contribution in [2.24, 2.45) is 0 Å². The van der Waals surface area contributed by atoms with Crippen molar-refractivity contribution in [3.63, 3.8) is 0 Å². The summed E-state index contributed by atoms with van der Waals surface area (Å²) in [6.07, 6.45) is -4.86. The minimum Gasteiger partial charge on any atom is -0.406 e. The Kier molecular flexibility index (Phi) is 6.61. The zero-order valence-electron chi connectivity index (χ0n) is 17.8. The van der Waals surface area contributed by atoms with Crippen LogP contribution in [0.2, 0.25) is 0 Å². The van der Waals surface area contributed by atoms with E-state index in [0.29, 0.717) is 5.69 Å². The van der Waals surface area contributed by atoms with Gasteiger partial charge in [-0.1, -0.05) is 72.8 Å². The highest BCUT2D eigenvalue weighted by Crippen LogP contribution is 2.29. The van der Waals surface area contributed by atoms with E-state index >= 15 is 0 Å². The van der Waals surface area contributed by atoms with E-state index in [1.54, 1.807) is 30.3 Å². The zero-order valence-corrected chi connectivity index (χ0v) is 18.6. The number of sulfonamides is 1. The summed E-state index contributed by atoms with van der Waals surface area (Å²) >= 11 is 0. The topological polar surface area (TPSA) is 46.6 Å². The number of hydrogen-bond acceptors (Lipinski definition) is 3. The first-order valence-electron chi connectivity index (χ1n) is 10.3. The third-order valence-corrected chi connectivity index (χ3v) is 6.86. The highest BCUT2D eigenvalue weighted by Gasteiger charge is 2.31. The summed E-state index contributed by atoms with van der Waals surface area (Å²) in [5, 5.41) is 0. The smallest absolute Gasteiger partial charge is 0.406 e. The van der Waals surface area contributed by atoms with Crippen molar-refractivity contribution in [2.75, 3.05) is 4.31 Å². The summed E-state index contributed by atoms with van der Waals surface area (Å²) in [6.45, 7) is 0.0439. The van der Waals surface area contributed by atoms with Crippen molar-refractivity contribution in [3.8, 4) is 16.9 Å². The fraction of sp³-hybridized carbons (Fsp3) is 0.0769. The van der Waals surface area contributed by atoms with Crippen LogP contribution in [0.25, 0.3) is 11.1 Å². The number of benzene rings is 4. The van der Waals surface area contributed by atoms with Gasteiger partial charge < -0.3 is 4.74 Å². The highest BCUT2D eigenvalue weighted by molar-refractivity contribution is 7.92. The second-order valence-corrected chi connectivity index (χ2v) is 9.29. The number of rotatable bonds is 7. The largest absolute Gasteiger partial charge is 0.573 e. The fourth-order valence-electron chi connectivity index (χ4n) is 3.45. The zero-order chi connectivity index (χ0) is 24.2. The summed E-state index contributed by atoms with van der Waals surface area (Å²) in [6, 6.07) is 30.1. The van der Waals surface area contributed by atoms with E-state index in [2.05, 4.69) is 4.74 Å². The lowest BCUT2D eigenvalue weighted by atomic mass is 10.0. The maximum absolute atomic E-state index is 13.5. The Bertz CT molecular complexity index is 1320. The molecule has 4 nitrogen and oxygen atoms in total. The first kappa shape index (κ1) is 23.4. The van der Waals surface area contributed by atoms with Gasteiger partial charge in [-0.2, -0.15) is 0 Å². The van der Waals surface area contributed by atoms with Crippen LogP contribution in [0.3, 0.4) is 0 Å². The van der Waals surface area contributed by atoms with Crippen molar-refractivity contribution in [3.05, 3.63) is 115 Å². The number of alkyl halides is 3. The van der Waals surface area contributed by atoms with Crippen molar-refractivity contribution in [1.82, 2.24) is 0 Å². The van der Waals surface area contributed by atoms with Crippen LogP contribution in [0, 0.1) is 0 Å². The molecule has 0 amide bonds. The lowest BCUT2D eigenvalue weighted by molar-refractivity contribution is -0.274. The van der Waals surface area contributed by atoms with Crippen LogP contribution in [-0.2, 0) is 16.6 Å². The van der Waals surface area contributed by atoms with E-state index in [1.807, 2.05) is 54.6 Å². The molecule has 0 atom stereocenters. The second kappa shape index (κ2) is 9.61. The first-order chi connectivity index (χ1) is 16.2. The van der Waals surface area contributed by atoms with E-state index in [0.717, 1.165) is 41.0 Å². The predicted molar refractivity (Wildman–Crippen MR) is 125 cm³/mol. The standard InChI is InChI=1S/C26H20F3NO3S/c27-26(28,29)33-24-15-17-25(18-16-24)34(31,32)30(23-9-5-2-6-10-23)19-20-11-13-22(14-12-20)21-7-3-1-4-8-21/h1-18H,19H2. The molecule has 0 fully saturated rings. The molecule has 4 rings (SSSR count). The van der Waals surface area contributed by atoms with Crippen molar-refractivity contribution in [1.29, 1.82) is 0 Å². The maximum atomic E-state index is 13.5. The van der Waals surface area contributed by atoms with Crippen molar-refractivity contribution < 1.29 is 26.3 Å². The molecule has 0 aromatic heterocycles. The summed E-state index contributed by atoms with van der Waals surface area (Å²) in [4.78, 5) is -0.146. The van der Waals surface area contributed by atoms with Crippen LogP contribution in [0.15, 0.2) is 114 Å². The van der Waals surface area contributed by atoms with Crippen molar-refractivity contribution in [2.45, 2.75) is 17.8 Å². The SMILES string of the molecule is O=S(=O)(c1ccc(OC(F)(F)F)cc1)N(Cc1ccc(-c2ccccc2)cc1)c1ccccc1. The lowest BCUT2D eigenvalue weighted by Crippen LogP contribution is -2.30. The number of para-hydroxylation sites is 1. The van der Waals surface area contributed by atoms with Gasteiger partial charge in [0, 0.05) is 0 Å². The number of anilines is 1. The van der Waals surface area contributed by atoms with Crippen LogP contribution >= 0.6 is 0 Å². The normalized spacial score (nSPS) is 11.7. The predicted octanol–water partition coefficient (Wildman–Crippen LogP) is 6.65. The molecule has 4 aromatic rings. The third kappa shape index (κ3) is 5.58. The minimum atomic E-state index is -4.86. The number of hydrogen-bond donors (Lipinski definition) is 0. The van der Waals surface area contributed by atoms with Crippen molar-refractivity contribution >= 4 is 15.7 Å². The molecule has 0 aliphatic carbocycles. The molecule has 0 aliphatic rings. The van der Waals surface area contributed by atoms with E-state index in [4.69, 9.17) is 0 Å². The molecule has 34 heavy (non-hydrogen) atoms. The monoisotopic (exact) mass is 483 g/mol. The Labute approximate surface area is 195 Å². The van der Waals surface area contributed by atoms with Crippen LogP contribution in [0.1, 0.15) is 5.56 Å². The van der Waals surface area contributed by atoms with E-state index in [9.17, 15) is 21.6 Å². The maximum Gasteiger partial charge on any atom is 0.573 e. The summed E-state index contributed by atoms with van der Waals surface area (Å²) in [7, 11) is -4.08. The Morgan fingerprint density at radius 1 is 0.676 bits per heavy atom. The second-order valence-electron chi connectivity index (χ2n) is 7.43. The molecule has 0 unspecified atom stereocenters. The van der Waals surface area contributed by atoms with Gasteiger partial charge in [-0.25, -0.2) is 8.42 Å². The van der Waals surface area contributed by atoms with Gasteiger partial charge >= 0.3 is 6.36 Å². The van der Waals surface area contributed by atoms with Gasteiger partial charge in [0.15, 0.2) is 0 Å². The van der Waals surface area contributed by atoms with E-state index in [-0.39, 0.29) is 11.4 Å². The molecule has 0 aliphatic heterocycles. The van der Waals surface area contributed by atoms with Gasteiger partial charge in [-0.15, -0.1) is 13.2 Å². The van der Waals surface area contributed by atoms with Gasteiger partial charge in [-0.3, -0.25) is 4.31 Å². The molecule has 0 saturated heterocycles. The molecular weight excluding hydrogens is 463 g/mol. The highest BCUT2D eigenvalue weighted by atomic mass is 32.2. The molecule has 0 radical (unpaired) electrons. The quantitative estimate of drug-likeness (QED) is 0.296. The summed E-state index contributed by atoms with van der Waals surface area (Å²) in [5.74, 6) is -0.491. The van der Waals surface area contributed by atoms with Crippen LogP contribution in [0.5, 0.6) is 5.75 Å². The molecule has 8 heteroatoms. The number of ether oxygens (including phenoxy) is 1. The summed E-state index contributed by atoms with van der Waals surface area (Å²) < 4.78 is 69.4. The van der Waals surface area contributed by atoms with E-state index < -0.39 is 22.1 Å². The Morgan fingerprint density at radius 3 is 1.76 bits per heavy atom. The van der Waals surface area contributed by atoms with E-state index in [1.165, 1.54) is 4.31 Å². The number of nitrogens with zero attached hydrogens (tertiary/aromatic N) is 1. The average Bonchev–Trinajstić information content (AvgIpc) is 2.83. The van der Waals surface area contributed by atoms with Crippen LogP contribution in [0.4, 0.5) is 18.9 Å². The van der Waals surface area contributed by atoms with Crippen LogP contribution < -0.4 is 9.04 Å². The average molecular weight is 484 g/mol. The van der Waals surface area contributed by atoms with Gasteiger partial charge in [0.05, 0.1) is 17.1 Å². The Hall–Kier alpha value is -3.78. The molecule has 174 valence electrons. The summed E-state index contributed by atoms with van der Waals surface area (Å²) in [5.41, 5.74) is 3.23. The Balaban J connectivity index is 1.64. The first-order valence-corrected chi connectivity index (χ1v) is 11.7. The third-order valence-electron chi connectivity index (χ3n) is 5.08. The number of halogens is 3. The molecule has 0 bridgehead atoms. The fourth-order valence-corrected chi connectivity index (χ4v) is 4.90. The van der Waals surface area contributed by atoms with Gasteiger partial charge in [0.25, 0.3) is 10.0 Å². The molecule has 0 heterocycles. The Morgan fingerprint density at radius 2 is 1.21 bits per heavy atom. The van der Waals surface area contributed by atoms with Gasteiger partial charge in [0.1, 0.15) is 5.75 Å². The minimum absolute atomic E-state index is 0.0439. The lowest BCUT2D eigenvalue weighted by Gasteiger charge is -2.25. The molecule has 0 N–H and O–H groups in total. The van der Waals surface area contributed by atoms with Gasteiger partial charge in [-0.05, 0) is 53.1 Å².